The molecule has 0 radical (unpaired) electrons. The molecule has 0 N–H and O–H groups in total. The van der Waals surface area contributed by atoms with Gasteiger partial charge < -0.3 is 4.74 Å². The zero-order valence-electron chi connectivity index (χ0n) is 9.56. The maximum atomic E-state index is 13.2. The van der Waals surface area contributed by atoms with Crippen molar-refractivity contribution in [2.45, 2.75) is 6.54 Å². The van der Waals surface area contributed by atoms with Crippen LogP contribution >= 0.6 is 11.6 Å². The van der Waals surface area contributed by atoms with Gasteiger partial charge in [-0.05, 0) is 17.7 Å². The molecular weight excluding hydrogens is 259 g/mol. The van der Waals surface area contributed by atoms with Crippen molar-refractivity contribution in [3.05, 3.63) is 57.2 Å². The number of aromatic nitrogens is 2. The summed E-state index contributed by atoms with van der Waals surface area (Å²) in [5, 5.41) is 3.71. The zero-order chi connectivity index (χ0) is 13.1. The molecule has 0 fully saturated rings. The Kier molecular flexibility index (Phi) is 3.62. The summed E-state index contributed by atoms with van der Waals surface area (Å²) in [6, 6.07) is 7.94. The molecule has 0 saturated carbocycles. The first kappa shape index (κ1) is 12.6. The average molecular weight is 269 g/mol. The van der Waals surface area contributed by atoms with E-state index in [0.29, 0.717) is 5.75 Å². The smallest absolute Gasteiger partial charge is 0.303 e. The highest BCUT2D eigenvalue weighted by Gasteiger charge is 2.07. The first-order valence-corrected chi connectivity index (χ1v) is 5.54. The molecular formula is C12H10ClFN2O2. The summed E-state index contributed by atoms with van der Waals surface area (Å²) in [6.07, 6.45) is 0. The van der Waals surface area contributed by atoms with Crippen LogP contribution in [0.15, 0.2) is 35.1 Å². The van der Waals surface area contributed by atoms with E-state index in [1.165, 1.54) is 0 Å². The van der Waals surface area contributed by atoms with Gasteiger partial charge in [0.05, 0.1) is 13.7 Å². The first-order valence-electron chi connectivity index (χ1n) is 5.16. The second-order valence-corrected chi connectivity index (χ2v) is 4.01. The fourth-order valence-corrected chi connectivity index (χ4v) is 1.68. The molecule has 0 unspecified atom stereocenters. The van der Waals surface area contributed by atoms with Gasteiger partial charge in [0.15, 0.2) is 11.0 Å². The number of benzene rings is 1. The van der Waals surface area contributed by atoms with Crippen LogP contribution in [0.5, 0.6) is 5.75 Å². The average Bonchev–Trinajstić information content (AvgIpc) is 2.36. The summed E-state index contributed by atoms with van der Waals surface area (Å²) in [5.74, 6) is -0.208. The molecule has 0 atom stereocenters. The lowest BCUT2D eigenvalue weighted by Crippen LogP contribution is -2.26. The largest absolute Gasteiger partial charge is 0.497 e. The van der Waals surface area contributed by atoms with Crippen molar-refractivity contribution in [1.82, 2.24) is 9.78 Å². The van der Waals surface area contributed by atoms with E-state index in [9.17, 15) is 9.18 Å². The molecule has 1 aromatic carbocycles. The van der Waals surface area contributed by atoms with Gasteiger partial charge in [0.1, 0.15) is 5.75 Å². The third kappa shape index (κ3) is 2.68. The topological polar surface area (TPSA) is 44.1 Å². The van der Waals surface area contributed by atoms with Gasteiger partial charge in [-0.1, -0.05) is 23.7 Å². The number of methoxy groups -OCH3 is 1. The van der Waals surface area contributed by atoms with Crippen LogP contribution in [0.1, 0.15) is 5.56 Å². The van der Waals surface area contributed by atoms with Crippen molar-refractivity contribution in [2.75, 3.05) is 7.11 Å². The standard InChI is InChI=1S/C12H10ClFN2O2/c1-18-9-4-2-8(3-5-9)7-16-12(17)10(14)6-11(13)15-16/h2-6H,7H2,1H3. The Morgan fingerprint density at radius 2 is 2.06 bits per heavy atom. The minimum atomic E-state index is -0.913. The predicted octanol–water partition coefficient (Wildman–Crippen LogP) is 2.09. The molecule has 0 aliphatic heterocycles. The van der Waals surface area contributed by atoms with Crippen LogP contribution in [0.3, 0.4) is 0 Å². The lowest BCUT2D eigenvalue weighted by atomic mass is 10.2. The van der Waals surface area contributed by atoms with Crippen LogP contribution in [0, 0.1) is 5.82 Å². The van der Waals surface area contributed by atoms with E-state index in [2.05, 4.69) is 5.10 Å². The van der Waals surface area contributed by atoms with Gasteiger partial charge in [-0.25, -0.2) is 9.07 Å². The molecule has 0 bridgehead atoms. The number of hydrogen-bond acceptors (Lipinski definition) is 3. The molecule has 4 nitrogen and oxygen atoms in total. The molecule has 2 rings (SSSR count). The van der Waals surface area contributed by atoms with E-state index < -0.39 is 11.4 Å². The second-order valence-electron chi connectivity index (χ2n) is 3.63. The van der Waals surface area contributed by atoms with Gasteiger partial charge in [-0.3, -0.25) is 4.79 Å². The SMILES string of the molecule is COc1ccc(Cn2nc(Cl)cc(F)c2=O)cc1. The third-order valence-corrected chi connectivity index (χ3v) is 2.58. The van der Waals surface area contributed by atoms with Gasteiger partial charge in [-0.2, -0.15) is 5.10 Å². The Morgan fingerprint density at radius 3 is 2.67 bits per heavy atom. The number of halogens is 2. The normalized spacial score (nSPS) is 10.4. The van der Waals surface area contributed by atoms with E-state index >= 15 is 0 Å². The van der Waals surface area contributed by atoms with Crippen LogP contribution in [0.25, 0.3) is 0 Å². The predicted molar refractivity (Wildman–Crippen MR) is 65.6 cm³/mol. The highest BCUT2D eigenvalue weighted by atomic mass is 35.5. The minimum absolute atomic E-state index is 0.0550. The number of nitrogens with zero attached hydrogens (tertiary/aromatic N) is 2. The van der Waals surface area contributed by atoms with Crippen molar-refractivity contribution < 1.29 is 9.13 Å². The van der Waals surface area contributed by atoms with E-state index in [0.717, 1.165) is 16.3 Å². The molecule has 2 aromatic rings. The van der Waals surface area contributed by atoms with Crippen molar-refractivity contribution in [3.8, 4) is 5.75 Å². The zero-order valence-corrected chi connectivity index (χ0v) is 10.3. The van der Waals surface area contributed by atoms with E-state index in [-0.39, 0.29) is 11.7 Å². The van der Waals surface area contributed by atoms with Crippen molar-refractivity contribution >= 4 is 11.6 Å². The molecule has 1 heterocycles. The molecule has 94 valence electrons. The summed E-state index contributed by atoms with van der Waals surface area (Å²) in [4.78, 5) is 11.5. The monoisotopic (exact) mass is 268 g/mol. The van der Waals surface area contributed by atoms with Crippen LogP contribution in [0.2, 0.25) is 5.15 Å². The summed E-state index contributed by atoms with van der Waals surface area (Å²) >= 11 is 5.61. The second kappa shape index (κ2) is 5.18. The van der Waals surface area contributed by atoms with Crippen LogP contribution in [0.4, 0.5) is 4.39 Å². The summed E-state index contributed by atoms with van der Waals surface area (Å²) < 4.78 is 19.2. The van der Waals surface area contributed by atoms with Crippen LogP contribution < -0.4 is 10.3 Å². The van der Waals surface area contributed by atoms with Gasteiger partial charge in [-0.15, -0.1) is 0 Å². The summed E-state index contributed by atoms with van der Waals surface area (Å²) in [7, 11) is 1.56. The van der Waals surface area contributed by atoms with Crippen LogP contribution in [-0.4, -0.2) is 16.9 Å². The Balaban J connectivity index is 2.31. The van der Waals surface area contributed by atoms with E-state index in [1.54, 1.807) is 31.4 Å². The highest BCUT2D eigenvalue weighted by molar-refractivity contribution is 6.29. The Morgan fingerprint density at radius 1 is 1.39 bits per heavy atom. The molecule has 18 heavy (non-hydrogen) atoms. The molecule has 1 aromatic heterocycles. The molecule has 0 aliphatic rings. The Hall–Kier alpha value is -1.88. The molecule has 6 heteroatoms. The Bertz CT molecular complexity index is 610. The van der Waals surface area contributed by atoms with Crippen LogP contribution in [-0.2, 0) is 6.54 Å². The van der Waals surface area contributed by atoms with Gasteiger partial charge >= 0.3 is 5.56 Å². The van der Waals surface area contributed by atoms with Gasteiger partial charge in [0.2, 0.25) is 0 Å². The highest BCUT2D eigenvalue weighted by Crippen LogP contribution is 2.12. The van der Waals surface area contributed by atoms with Crippen molar-refractivity contribution in [2.24, 2.45) is 0 Å². The van der Waals surface area contributed by atoms with E-state index in [1.807, 2.05) is 0 Å². The molecule has 0 aliphatic carbocycles. The minimum Gasteiger partial charge on any atom is -0.497 e. The molecule has 0 saturated heterocycles. The molecule has 0 spiro atoms. The van der Waals surface area contributed by atoms with Gasteiger partial charge in [0.25, 0.3) is 0 Å². The Labute approximate surface area is 108 Å². The summed E-state index contributed by atoms with van der Waals surface area (Å²) in [5.41, 5.74) is 0.00212. The lowest BCUT2D eigenvalue weighted by molar-refractivity contribution is 0.414. The number of ether oxygens (including phenoxy) is 1. The van der Waals surface area contributed by atoms with E-state index in [4.69, 9.17) is 16.3 Å². The summed E-state index contributed by atoms with van der Waals surface area (Å²) in [6.45, 7) is 0.153. The number of hydrogen-bond donors (Lipinski definition) is 0. The third-order valence-electron chi connectivity index (χ3n) is 2.39. The van der Waals surface area contributed by atoms with Crippen molar-refractivity contribution in [3.63, 3.8) is 0 Å². The fourth-order valence-electron chi connectivity index (χ4n) is 1.49. The lowest BCUT2D eigenvalue weighted by Gasteiger charge is -2.06. The maximum Gasteiger partial charge on any atom is 0.303 e. The quantitative estimate of drug-likeness (QED) is 0.856. The van der Waals surface area contributed by atoms with Gasteiger partial charge in [0, 0.05) is 6.07 Å². The number of rotatable bonds is 3. The first-order chi connectivity index (χ1) is 8.60. The fraction of sp³-hybridized carbons (Fsp3) is 0.167. The maximum absolute atomic E-state index is 13.2. The molecule has 0 amide bonds. The van der Waals surface area contributed by atoms with Crippen molar-refractivity contribution in [1.29, 1.82) is 0 Å².